The molecular formula is C11H8F3N3O2S. The van der Waals surface area contributed by atoms with Crippen LogP contribution in [0.4, 0.5) is 24.5 Å². The number of nitrogens with one attached hydrogen (secondary N) is 1. The van der Waals surface area contributed by atoms with Gasteiger partial charge in [0.2, 0.25) is 0 Å². The van der Waals surface area contributed by atoms with E-state index in [1.165, 1.54) is 11.3 Å². The minimum atomic E-state index is -4.61. The van der Waals surface area contributed by atoms with Gasteiger partial charge in [0, 0.05) is 17.1 Å². The van der Waals surface area contributed by atoms with Gasteiger partial charge < -0.3 is 5.32 Å². The largest absolute Gasteiger partial charge is 0.416 e. The Hall–Kier alpha value is -2.16. The van der Waals surface area contributed by atoms with Crippen LogP contribution in [0.2, 0.25) is 0 Å². The second kappa shape index (κ2) is 5.45. The molecule has 0 aliphatic heterocycles. The fourth-order valence-corrected chi connectivity index (χ4v) is 2.05. The van der Waals surface area contributed by atoms with E-state index in [0.29, 0.717) is 6.07 Å². The molecule has 1 aromatic carbocycles. The molecule has 1 N–H and O–H groups in total. The maximum Gasteiger partial charge on any atom is 0.416 e. The lowest BCUT2D eigenvalue weighted by Crippen LogP contribution is -2.07. The number of hydrogen-bond donors (Lipinski definition) is 1. The van der Waals surface area contributed by atoms with Crippen LogP contribution in [0.5, 0.6) is 0 Å². The molecule has 1 aromatic heterocycles. The van der Waals surface area contributed by atoms with Gasteiger partial charge in [0.15, 0.2) is 0 Å². The van der Waals surface area contributed by atoms with E-state index < -0.39 is 22.4 Å². The Morgan fingerprint density at radius 3 is 2.70 bits per heavy atom. The Morgan fingerprint density at radius 2 is 2.15 bits per heavy atom. The Bertz CT molecular complexity index is 614. The van der Waals surface area contributed by atoms with Crippen molar-refractivity contribution in [2.45, 2.75) is 12.7 Å². The summed E-state index contributed by atoms with van der Waals surface area (Å²) in [6.45, 7) is 0.261. The molecule has 0 radical (unpaired) electrons. The number of nitrogens with zero attached hydrogens (tertiary/aromatic N) is 2. The van der Waals surface area contributed by atoms with Gasteiger partial charge in [0.05, 0.1) is 22.5 Å². The normalized spacial score (nSPS) is 11.3. The third-order valence-corrected chi connectivity index (χ3v) is 3.24. The average molecular weight is 303 g/mol. The maximum absolute atomic E-state index is 12.5. The first kappa shape index (κ1) is 14.3. The van der Waals surface area contributed by atoms with Gasteiger partial charge in [-0.1, -0.05) is 0 Å². The van der Waals surface area contributed by atoms with E-state index >= 15 is 0 Å². The number of benzene rings is 1. The molecule has 0 unspecified atom stereocenters. The fraction of sp³-hybridized carbons (Fsp3) is 0.182. The molecule has 5 nitrogen and oxygen atoms in total. The summed E-state index contributed by atoms with van der Waals surface area (Å²) < 4.78 is 37.6. The van der Waals surface area contributed by atoms with Crippen molar-refractivity contribution in [1.29, 1.82) is 0 Å². The van der Waals surface area contributed by atoms with E-state index in [9.17, 15) is 23.3 Å². The summed E-state index contributed by atoms with van der Waals surface area (Å²) in [5.41, 5.74) is -0.0219. The van der Waals surface area contributed by atoms with Crippen molar-refractivity contribution in [3.63, 3.8) is 0 Å². The monoisotopic (exact) mass is 303 g/mol. The summed E-state index contributed by atoms with van der Waals surface area (Å²) in [6, 6.07) is 2.39. The first-order valence-corrected chi connectivity index (χ1v) is 6.23. The number of halogens is 3. The molecule has 9 heteroatoms. The van der Waals surface area contributed by atoms with Gasteiger partial charge in [-0.2, -0.15) is 13.2 Å². The van der Waals surface area contributed by atoms with Crippen LogP contribution in [0, 0.1) is 10.1 Å². The van der Waals surface area contributed by atoms with Crippen molar-refractivity contribution in [1.82, 2.24) is 4.98 Å². The zero-order valence-corrected chi connectivity index (χ0v) is 10.7. The molecule has 0 amide bonds. The van der Waals surface area contributed by atoms with E-state index in [-0.39, 0.29) is 12.2 Å². The van der Waals surface area contributed by atoms with Gasteiger partial charge >= 0.3 is 6.18 Å². The van der Waals surface area contributed by atoms with Crippen LogP contribution >= 0.6 is 11.3 Å². The maximum atomic E-state index is 12.5. The van der Waals surface area contributed by atoms with Crippen molar-refractivity contribution < 1.29 is 18.1 Å². The summed E-state index contributed by atoms with van der Waals surface area (Å²) in [7, 11) is 0. The van der Waals surface area contributed by atoms with Crippen LogP contribution in [0.25, 0.3) is 0 Å². The van der Waals surface area contributed by atoms with Gasteiger partial charge in [-0.05, 0) is 12.1 Å². The SMILES string of the molecule is O=[N+]([O-])c1cc(C(F)(F)F)ccc1NCc1cncs1. The lowest BCUT2D eigenvalue weighted by Gasteiger charge is -2.09. The van der Waals surface area contributed by atoms with Crippen LogP contribution in [0.15, 0.2) is 29.9 Å². The highest BCUT2D eigenvalue weighted by molar-refractivity contribution is 7.09. The van der Waals surface area contributed by atoms with E-state index in [0.717, 1.165) is 17.0 Å². The fourth-order valence-electron chi connectivity index (χ4n) is 1.52. The quantitative estimate of drug-likeness (QED) is 0.691. The van der Waals surface area contributed by atoms with Gasteiger partial charge in [-0.3, -0.25) is 15.1 Å². The van der Waals surface area contributed by atoms with Crippen molar-refractivity contribution >= 4 is 22.7 Å². The first-order valence-electron chi connectivity index (χ1n) is 5.35. The molecule has 0 fully saturated rings. The predicted molar refractivity (Wildman–Crippen MR) is 67.5 cm³/mol. The van der Waals surface area contributed by atoms with Crippen molar-refractivity contribution in [3.8, 4) is 0 Å². The van der Waals surface area contributed by atoms with Crippen LogP contribution in [-0.2, 0) is 12.7 Å². The molecule has 1 heterocycles. The number of nitro benzene ring substituents is 1. The third kappa shape index (κ3) is 3.23. The van der Waals surface area contributed by atoms with Crippen LogP contribution in [-0.4, -0.2) is 9.91 Å². The minimum Gasteiger partial charge on any atom is -0.375 e. The molecule has 2 aromatic rings. The molecule has 0 saturated heterocycles. The van der Waals surface area contributed by atoms with Crippen molar-refractivity contribution in [2.75, 3.05) is 5.32 Å². The number of thiazole rings is 1. The van der Waals surface area contributed by atoms with Gasteiger partial charge in [-0.25, -0.2) is 0 Å². The summed E-state index contributed by atoms with van der Waals surface area (Å²) in [4.78, 5) is 14.7. The Morgan fingerprint density at radius 1 is 1.40 bits per heavy atom. The van der Waals surface area contributed by atoms with Crippen LogP contribution < -0.4 is 5.32 Å². The first-order chi connectivity index (χ1) is 9.38. The highest BCUT2D eigenvalue weighted by Crippen LogP contribution is 2.35. The molecule has 20 heavy (non-hydrogen) atoms. The Balaban J connectivity index is 2.26. The summed E-state index contributed by atoms with van der Waals surface area (Å²) in [5.74, 6) is 0. The lowest BCUT2D eigenvalue weighted by atomic mass is 10.1. The number of rotatable bonds is 4. The standard InChI is InChI=1S/C11H8F3N3O2S/c12-11(13,14)7-1-2-9(10(3-7)17(18)19)16-5-8-4-15-6-20-8/h1-4,6,16H,5H2. The number of alkyl halides is 3. The number of hydrogen-bond acceptors (Lipinski definition) is 5. The van der Waals surface area contributed by atoms with E-state index in [1.807, 2.05) is 0 Å². The molecule has 0 atom stereocenters. The summed E-state index contributed by atoms with van der Waals surface area (Å²) in [5, 5.41) is 13.6. The van der Waals surface area contributed by atoms with Crippen LogP contribution in [0.3, 0.4) is 0 Å². The summed E-state index contributed by atoms with van der Waals surface area (Å²) in [6.07, 6.45) is -3.03. The molecule has 0 aliphatic carbocycles. The molecule has 0 spiro atoms. The summed E-state index contributed by atoms with van der Waals surface area (Å²) >= 11 is 1.34. The molecule has 0 saturated carbocycles. The lowest BCUT2D eigenvalue weighted by molar-refractivity contribution is -0.384. The van der Waals surface area contributed by atoms with Gasteiger partial charge in [0.1, 0.15) is 5.69 Å². The van der Waals surface area contributed by atoms with Gasteiger partial charge in [-0.15, -0.1) is 11.3 Å². The number of aromatic nitrogens is 1. The van der Waals surface area contributed by atoms with E-state index in [2.05, 4.69) is 10.3 Å². The highest BCUT2D eigenvalue weighted by Gasteiger charge is 2.32. The second-order valence-corrected chi connectivity index (χ2v) is 4.78. The van der Waals surface area contributed by atoms with Crippen molar-refractivity contribution in [3.05, 3.63) is 50.5 Å². The van der Waals surface area contributed by atoms with Gasteiger partial charge in [0.25, 0.3) is 5.69 Å². The number of anilines is 1. The van der Waals surface area contributed by atoms with Crippen molar-refractivity contribution in [2.24, 2.45) is 0 Å². The number of nitro groups is 1. The Labute approximate surface area is 115 Å². The molecule has 106 valence electrons. The smallest absolute Gasteiger partial charge is 0.375 e. The zero-order chi connectivity index (χ0) is 14.8. The molecule has 0 aliphatic rings. The zero-order valence-electron chi connectivity index (χ0n) is 9.85. The van der Waals surface area contributed by atoms with E-state index in [4.69, 9.17) is 0 Å². The predicted octanol–water partition coefficient (Wildman–Crippen LogP) is 3.68. The molecular weight excluding hydrogens is 295 g/mol. The molecule has 2 rings (SSSR count). The second-order valence-electron chi connectivity index (χ2n) is 3.81. The van der Waals surface area contributed by atoms with E-state index in [1.54, 1.807) is 11.7 Å². The van der Waals surface area contributed by atoms with Crippen LogP contribution in [0.1, 0.15) is 10.4 Å². The topological polar surface area (TPSA) is 68.1 Å². The minimum absolute atomic E-state index is 0.0383. The third-order valence-electron chi connectivity index (χ3n) is 2.46. The highest BCUT2D eigenvalue weighted by atomic mass is 32.1. The Kier molecular flexibility index (Phi) is 3.89. The average Bonchev–Trinajstić information content (AvgIpc) is 2.88. The molecule has 0 bridgehead atoms.